The van der Waals surface area contributed by atoms with Crippen molar-refractivity contribution in [2.24, 2.45) is 0 Å². The summed E-state index contributed by atoms with van der Waals surface area (Å²) < 4.78 is 5.37. The van der Waals surface area contributed by atoms with Crippen LogP contribution in [0.2, 0.25) is 0 Å². The van der Waals surface area contributed by atoms with Crippen LogP contribution in [0.25, 0.3) is 22.2 Å². The molecule has 1 aromatic heterocycles. The van der Waals surface area contributed by atoms with E-state index < -0.39 is 0 Å². The van der Waals surface area contributed by atoms with E-state index in [-0.39, 0.29) is 0 Å². The van der Waals surface area contributed by atoms with E-state index in [1.807, 2.05) is 36.4 Å². The van der Waals surface area contributed by atoms with Gasteiger partial charge in [0.25, 0.3) is 0 Å². The second-order valence-electron chi connectivity index (χ2n) is 3.82. The summed E-state index contributed by atoms with van der Waals surface area (Å²) in [7, 11) is 1.67. The van der Waals surface area contributed by atoms with Crippen molar-refractivity contribution in [3.63, 3.8) is 0 Å². The lowest BCUT2D eigenvalue weighted by atomic mass is 10.0. The first-order valence-electron chi connectivity index (χ1n) is 5.58. The molecule has 0 bridgehead atoms. The predicted molar refractivity (Wildman–Crippen MR) is 69.3 cm³/mol. The fraction of sp³-hybridized carbons (Fsp3) is 0.0714. The molecule has 0 atom stereocenters. The normalized spacial score (nSPS) is 10.5. The molecule has 0 N–H and O–H groups in total. The van der Waals surface area contributed by atoms with Gasteiger partial charge in [-0.2, -0.15) is 0 Å². The van der Waals surface area contributed by atoms with Crippen LogP contribution in [0.1, 0.15) is 0 Å². The Balaban J connectivity index is 2.32. The van der Waals surface area contributed by atoms with Crippen LogP contribution < -0.4 is 4.74 Å². The summed E-state index contributed by atoms with van der Waals surface area (Å²) >= 11 is 0. The number of aromatic nitrogens is 3. The standard InChI is InChI=1S/C14H11N3O/c1-18-13-7-3-4-10-11(13)5-2-6-12(10)14-16-8-15-9-17-14/h2-9H,1H3. The zero-order chi connectivity index (χ0) is 12.4. The summed E-state index contributed by atoms with van der Waals surface area (Å²) in [6.07, 6.45) is 3.00. The van der Waals surface area contributed by atoms with E-state index in [9.17, 15) is 0 Å². The molecule has 0 unspecified atom stereocenters. The third kappa shape index (κ3) is 1.68. The Kier molecular flexibility index (Phi) is 2.61. The van der Waals surface area contributed by atoms with Crippen LogP contribution in [-0.2, 0) is 0 Å². The predicted octanol–water partition coefficient (Wildman–Crippen LogP) is 2.70. The topological polar surface area (TPSA) is 47.9 Å². The number of nitrogens with zero attached hydrogens (tertiary/aromatic N) is 3. The molecule has 18 heavy (non-hydrogen) atoms. The summed E-state index contributed by atoms with van der Waals surface area (Å²) in [5.41, 5.74) is 0.980. The Bertz CT molecular complexity index is 683. The molecular formula is C14H11N3O. The Morgan fingerprint density at radius 2 is 1.61 bits per heavy atom. The number of methoxy groups -OCH3 is 1. The van der Waals surface area contributed by atoms with E-state index in [4.69, 9.17) is 4.74 Å². The minimum absolute atomic E-state index is 0.670. The summed E-state index contributed by atoms with van der Waals surface area (Å²) in [5, 5.41) is 2.13. The molecule has 88 valence electrons. The monoisotopic (exact) mass is 237 g/mol. The maximum absolute atomic E-state index is 5.37. The lowest BCUT2D eigenvalue weighted by molar-refractivity contribution is 0.420. The van der Waals surface area contributed by atoms with Gasteiger partial charge in [0.15, 0.2) is 5.82 Å². The average molecular weight is 237 g/mol. The number of benzene rings is 2. The van der Waals surface area contributed by atoms with Crippen LogP contribution in [-0.4, -0.2) is 22.1 Å². The van der Waals surface area contributed by atoms with Crippen LogP contribution in [0.4, 0.5) is 0 Å². The number of ether oxygens (including phenoxy) is 1. The Hall–Kier alpha value is -2.49. The van der Waals surface area contributed by atoms with Crippen molar-refractivity contribution < 1.29 is 4.74 Å². The minimum Gasteiger partial charge on any atom is -0.496 e. The first kappa shape index (κ1) is 10.7. The van der Waals surface area contributed by atoms with E-state index in [0.29, 0.717) is 5.82 Å². The summed E-state index contributed by atoms with van der Waals surface area (Å²) in [6, 6.07) is 11.9. The maximum Gasteiger partial charge on any atom is 0.163 e. The molecule has 0 aliphatic carbocycles. The number of rotatable bonds is 2. The van der Waals surface area contributed by atoms with Crippen molar-refractivity contribution in [3.05, 3.63) is 49.1 Å². The highest BCUT2D eigenvalue weighted by molar-refractivity contribution is 5.98. The van der Waals surface area contributed by atoms with Crippen molar-refractivity contribution in [1.29, 1.82) is 0 Å². The second-order valence-corrected chi connectivity index (χ2v) is 3.82. The maximum atomic E-state index is 5.37. The van der Waals surface area contributed by atoms with Crippen LogP contribution in [0.3, 0.4) is 0 Å². The van der Waals surface area contributed by atoms with Gasteiger partial charge in [-0.05, 0) is 11.5 Å². The van der Waals surface area contributed by atoms with Crippen LogP contribution in [0, 0.1) is 0 Å². The van der Waals surface area contributed by atoms with Gasteiger partial charge in [0, 0.05) is 10.9 Å². The molecule has 3 aromatic rings. The van der Waals surface area contributed by atoms with Gasteiger partial charge in [0.1, 0.15) is 18.4 Å². The number of hydrogen-bond donors (Lipinski definition) is 0. The molecule has 1 heterocycles. The van der Waals surface area contributed by atoms with Gasteiger partial charge in [0.05, 0.1) is 7.11 Å². The van der Waals surface area contributed by atoms with Gasteiger partial charge in [-0.3, -0.25) is 0 Å². The Morgan fingerprint density at radius 3 is 2.39 bits per heavy atom. The summed E-state index contributed by atoms with van der Waals surface area (Å²) in [4.78, 5) is 12.2. The molecule has 4 nitrogen and oxygen atoms in total. The molecule has 0 aliphatic heterocycles. The fourth-order valence-corrected chi connectivity index (χ4v) is 2.03. The van der Waals surface area contributed by atoms with Gasteiger partial charge < -0.3 is 4.74 Å². The zero-order valence-electron chi connectivity index (χ0n) is 9.87. The molecule has 4 heteroatoms. The zero-order valence-corrected chi connectivity index (χ0v) is 9.87. The summed E-state index contributed by atoms with van der Waals surface area (Å²) in [5.74, 6) is 1.52. The van der Waals surface area contributed by atoms with Crippen molar-refractivity contribution >= 4 is 10.8 Å². The van der Waals surface area contributed by atoms with E-state index in [2.05, 4.69) is 15.0 Å². The smallest absolute Gasteiger partial charge is 0.163 e. The molecule has 0 saturated carbocycles. The molecule has 0 saturated heterocycles. The third-order valence-electron chi connectivity index (χ3n) is 2.84. The summed E-state index contributed by atoms with van der Waals surface area (Å²) in [6.45, 7) is 0. The van der Waals surface area contributed by atoms with Crippen LogP contribution >= 0.6 is 0 Å². The van der Waals surface area contributed by atoms with Crippen molar-refractivity contribution in [2.75, 3.05) is 7.11 Å². The van der Waals surface area contributed by atoms with Crippen molar-refractivity contribution in [3.8, 4) is 17.1 Å². The van der Waals surface area contributed by atoms with E-state index >= 15 is 0 Å². The lowest BCUT2D eigenvalue weighted by Crippen LogP contribution is -1.91. The Labute approximate surface area is 104 Å². The molecule has 0 spiro atoms. The number of fused-ring (bicyclic) bond motifs is 1. The number of hydrogen-bond acceptors (Lipinski definition) is 4. The SMILES string of the molecule is COc1cccc2c(-c3ncncn3)cccc12. The molecule has 0 fully saturated rings. The van der Waals surface area contributed by atoms with Gasteiger partial charge in [-0.1, -0.05) is 30.3 Å². The highest BCUT2D eigenvalue weighted by atomic mass is 16.5. The first-order valence-corrected chi connectivity index (χ1v) is 5.58. The van der Waals surface area contributed by atoms with Crippen molar-refractivity contribution in [1.82, 2.24) is 15.0 Å². The van der Waals surface area contributed by atoms with Crippen LogP contribution in [0.5, 0.6) is 5.75 Å². The van der Waals surface area contributed by atoms with Gasteiger partial charge in [0.2, 0.25) is 0 Å². The quantitative estimate of drug-likeness (QED) is 0.687. The van der Waals surface area contributed by atoms with Gasteiger partial charge in [-0.15, -0.1) is 0 Å². The molecule has 0 amide bonds. The molecular weight excluding hydrogens is 226 g/mol. The van der Waals surface area contributed by atoms with Gasteiger partial charge in [-0.25, -0.2) is 15.0 Å². The van der Waals surface area contributed by atoms with E-state index in [0.717, 1.165) is 22.1 Å². The highest BCUT2D eigenvalue weighted by Crippen LogP contribution is 2.31. The fourth-order valence-electron chi connectivity index (χ4n) is 2.03. The third-order valence-corrected chi connectivity index (χ3v) is 2.84. The first-order chi connectivity index (χ1) is 8.90. The van der Waals surface area contributed by atoms with Crippen molar-refractivity contribution in [2.45, 2.75) is 0 Å². The second kappa shape index (κ2) is 4.41. The van der Waals surface area contributed by atoms with E-state index in [1.54, 1.807) is 7.11 Å². The highest BCUT2D eigenvalue weighted by Gasteiger charge is 2.08. The van der Waals surface area contributed by atoms with Crippen LogP contribution in [0.15, 0.2) is 49.1 Å². The molecule has 2 aromatic carbocycles. The minimum atomic E-state index is 0.670. The van der Waals surface area contributed by atoms with E-state index in [1.165, 1.54) is 12.7 Å². The average Bonchev–Trinajstić information content (AvgIpc) is 2.47. The Morgan fingerprint density at radius 1 is 0.889 bits per heavy atom. The molecule has 0 radical (unpaired) electrons. The molecule has 0 aliphatic rings. The van der Waals surface area contributed by atoms with Gasteiger partial charge >= 0.3 is 0 Å². The largest absolute Gasteiger partial charge is 0.496 e. The molecule has 3 rings (SSSR count). The lowest BCUT2D eigenvalue weighted by Gasteiger charge is -2.08.